The molecule has 0 fully saturated rings. The maximum absolute atomic E-state index is 6.14. The van der Waals surface area contributed by atoms with Gasteiger partial charge in [0.05, 0.1) is 21.2 Å². The Morgan fingerprint density at radius 1 is 0.850 bits per heavy atom. The van der Waals surface area contributed by atoms with Crippen LogP contribution in [0.4, 0.5) is 11.5 Å². The number of para-hydroxylation sites is 1. The van der Waals surface area contributed by atoms with Crippen LogP contribution in [0.5, 0.6) is 0 Å². The van der Waals surface area contributed by atoms with Gasteiger partial charge in [0, 0.05) is 10.4 Å². The Morgan fingerprint density at radius 2 is 1.55 bits per heavy atom. The summed E-state index contributed by atoms with van der Waals surface area (Å²) in [6.45, 7) is 0. The number of hydrogen-bond donors (Lipinski definition) is 1. The summed E-state index contributed by atoms with van der Waals surface area (Å²) >= 11 is 18.2. The van der Waals surface area contributed by atoms with Crippen molar-refractivity contribution in [1.82, 2.24) is 4.98 Å². The van der Waals surface area contributed by atoms with E-state index in [1.165, 1.54) is 0 Å². The van der Waals surface area contributed by atoms with Crippen LogP contribution in [0.15, 0.2) is 48.5 Å². The smallest absolute Gasteiger partial charge is 0.131 e. The summed E-state index contributed by atoms with van der Waals surface area (Å²) < 4.78 is 0. The number of nitrogens with one attached hydrogen (secondary N) is 1. The van der Waals surface area contributed by atoms with Crippen LogP contribution in [-0.4, -0.2) is 4.98 Å². The Bertz CT molecular complexity index is 764. The monoisotopic (exact) mass is 322 g/mol. The van der Waals surface area contributed by atoms with E-state index in [1.54, 1.807) is 12.1 Å². The summed E-state index contributed by atoms with van der Waals surface area (Å²) in [4.78, 5) is 4.51. The van der Waals surface area contributed by atoms with Gasteiger partial charge in [-0.1, -0.05) is 53.0 Å². The van der Waals surface area contributed by atoms with Crippen LogP contribution in [0.3, 0.4) is 0 Å². The predicted octanol–water partition coefficient (Wildman–Crippen LogP) is 5.94. The Balaban J connectivity index is 2.01. The number of pyridine rings is 1. The molecule has 1 N–H and O–H groups in total. The highest BCUT2D eigenvalue weighted by Crippen LogP contribution is 2.35. The van der Waals surface area contributed by atoms with E-state index < -0.39 is 0 Å². The Labute approximate surface area is 131 Å². The molecule has 3 aromatic rings. The molecule has 0 spiro atoms. The summed E-state index contributed by atoms with van der Waals surface area (Å²) in [6.07, 6.45) is 0. The number of rotatable bonds is 2. The van der Waals surface area contributed by atoms with Crippen molar-refractivity contribution in [3.05, 3.63) is 63.6 Å². The van der Waals surface area contributed by atoms with Crippen LogP contribution < -0.4 is 5.32 Å². The van der Waals surface area contributed by atoms with E-state index in [9.17, 15) is 0 Å². The van der Waals surface area contributed by atoms with Crippen molar-refractivity contribution in [2.24, 2.45) is 0 Å². The minimum Gasteiger partial charge on any atom is -0.338 e. The number of nitrogens with zero attached hydrogens (tertiary/aromatic N) is 1. The van der Waals surface area contributed by atoms with Crippen molar-refractivity contribution in [3.63, 3.8) is 0 Å². The van der Waals surface area contributed by atoms with Gasteiger partial charge in [0.1, 0.15) is 5.82 Å². The molecule has 0 saturated heterocycles. The zero-order valence-electron chi connectivity index (χ0n) is 10.2. The molecule has 0 saturated carbocycles. The predicted molar refractivity (Wildman–Crippen MR) is 86.5 cm³/mol. The summed E-state index contributed by atoms with van der Waals surface area (Å²) in [5.74, 6) is 0.676. The lowest BCUT2D eigenvalue weighted by Crippen LogP contribution is -1.95. The third-order valence-corrected chi connectivity index (χ3v) is 3.67. The molecule has 3 rings (SSSR count). The van der Waals surface area contributed by atoms with Crippen molar-refractivity contribution in [1.29, 1.82) is 0 Å². The fourth-order valence-corrected chi connectivity index (χ4v) is 2.84. The molecule has 0 atom stereocenters. The minimum atomic E-state index is 0.456. The molecule has 2 nitrogen and oxygen atoms in total. The molecular formula is C15H9Cl3N2. The highest BCUT2D eigenvalue weighted by Gasteiger charge is 2.09. The zero-order valence-corrected chi connectivity index (χ0v) is 12.5. The number of fused-ring (bicyclic) bond motifs is 1. The Kier molecular flexibility index (Phi) is 3.70. The lowest BCUT2D eigenvalue weighted by Gasteiger charge is -2.10. The van der Waals surface area contributed by atoms with Crippen LogP contribution in [0.1, 0.15) is 0 Å². The van der Waals surface area contributed by atoms with Gasteiger partial charge in [-0.2, -0.15) is 0 Å². The first-order valence-electron chi connectivity index (χ1n) is 5.91. The second-order valence-electron chi connectivity index (χ2n) is 4.26. The number of benzene rings is 2. The van der Waals surface area contributed by atoms with Gasteiger partial charge in [0.25, 0.3) is 0 Å². The van der Waals surface area contributed by atoms with Crippen molar-refractivity contribution in [3.8, 4) is 0 Å². The fraction of sp³-hybridized carbons (Fsp3) is 0. The van der Waals surface area contributed by atoms with Crippen LogP contribution in [0.2, 0.25) is 15.1 Å². The normalized spacial score (nSPS) is 10.8. The molecule has 5 heteroatoms. The maximum atomic E-state index is 6.14. The van der Waals surface area contributed by atoms with Crippen LogP contribution >= 0.6 is 34.8 Å². The van der Waals surface area contributed by atoms with Gasteiger partial charge in [-0.3, -0.25) is 0 Å². The summed E-state index contributed by atoms with van der Waals surface area (Å²) in [5, 5.41) is 5.61. The van der Waals surface area contributed by atoms with Gasteiger partial charge in [0.2, 0.25) is 0 Å². The van der Waals surface area contributed by atoms with Gasteiger partial charge < -0.3 is 5.32 Å². The topological polar surface area (TPSA) is 24.9 Å². The molecule has 0 aliphatic heterocycles. The van der Waals surface area contributed by atoms with Crippen molar-refractivity contribution in [2.75, 3.05) is 5.32 Å². The Morgan fingerprint density at radius 3 is 2.30 bits per heavy atom. The van der Waals surface area contributed by atoms with Crippen molar-refractivity contribution >= 4 is 57.2 Å². The first-order valence-corrected chi connectivity index (χ1v) is 7.04. The summed E-state index contributed by atoms with van der Waals surface area (Å²) in [7, 11) is 0. The molecule has 100 valence electrons. The van der Waals surface area contributed by atoms with Gasteiger partial charge in [-0.25, -0.2) is 4.98 Å². The van der Waals surface area contributed by atoms with E-state index in [0.717, 1.165) is 10.9 Å². The van der Waals surface area contributed by atoms with Gasteiger partial charge in [-0.15, -0.1) is 0 Å². The molecule has 20 heavy (non-hydrogen) atoms. The molecular weight excluding hydrogens is 315 g/mol. The molecule has 0 radical (unpaired) electrons. The molecule has 0 aliphatic rings. The first-order chi connectivity index (χ1) is 9.63. The zero-order chi connectivity index (χ0) is 14.1. The van der Waals surface area contributed by atoms with Gasteiger partial charge in [0.15, 0.2) is 0 Å². The summed E-state index contributed by atoms with van der Waals surface area (Å²) in [6, 6.07) is 15.0. The first kappa shape index (κ1) is 13.5. The van der Waals surface area contributed by atoms with Crippen LogP contribution in [0.25, 0.3) is 10.9 Å². The minimum absolute atomic E-state index is 0.456. The highest BCUT2D eigenvalue weighted by molar-refractivity contribution is 6.41. The summed E-state index contributed by atoms with van der Waals surface area (Å²) in [5.41, 5.74) is 1.50. The third kappa shape index (κ3) is 2.68. The van der Waals surface area contributed by atoms with E-state index in [0.29, 0.717) is 26.6 Å². The van der Waals surface area contributed by atoms with E-state index in [-0.39, 0.29) is 0 Å². The standard InChI is InChI=1S/C15H9Cl3N2/c16-10-7-11(17)15(12(18)8-10)20-14-6-5-9-3-1-2-4-13(9)19-14/h1-8H,(H,19,20). The quantitative estimate of drug-likeness (QED) is 0.631. The van der Waals surface area contributed by atoms with Crippen LogP contribution in [-0.2, 0) is 0 Å². The van der Waals surface area contributed by atoms with Crippen LogP contribution in [0, 0.1) is 0 Å². The lowest BCUT2D eigenvalue weighted by molar-refractivity contribution is 1.37. The van der Waals surface area contributed by atoms with Gasteiger partial charge >= 0.3 is 0 Å². The SMILES string of the molecule is Clc1cc(Cl)c(Nc2ccc3ccccc3n2)c(Cl)c1. The molecule has 0 unspecified atom stereocenters. The molecule has 0 aliphatic carbocycles. The molecule has 1 aromatic heterocycles. The van der Waals surface area contributed by atoms with Crippen molar-refractivity contribution < 1.29 is 0 Å². The van der Waals surface area contributed by atoms with E-state index in [2.05, 4.69) is 10.3 Å². The van der Waals surface area contributed by atoms with Crippen molar-refractivity contribution in [2.45, 2.75) is 0 Å². The second kappa shape index (κ2) is 5.49. The molecule has 0 amide bonds. The number of aromatic nitrogens is 1. The largest absolute Gasteiger partial charge is 0.338 e. The van der Waals surface area contributed by atoms with E-state index in [4.69, 9.17) is 34.8 Å². The highest BCUT2D eigenvalue weighted by atomic mass is 35.5. The Hall–Kier alpha value is -1.48. The van der Waals surface area contributed by atoms with E-state index in [1.807, 2.05) is 36.4 Å². The lowest BCUT2D eigenvalue weighted by atomic mass is 10.2. The fourth-order valence-electron chi connectivity index (χ4n) is 1.93. The number of anilines is 2. The number of hydrogen-bond acceptors (Lipinski definition) is 2. The van der Waals surface area contributed by atoms with E-state index >= 15 is 0 Å². The molecule has 0 bridgehead atoms. The average molecular weight is 324 g/mol. The second-order valence-corrected chi connectivity index (χ2v) is 5.51. The molecule has 2 aromatic carbocycles. The number of halogens is 3. The third-order valence-electron chi connectivity index (χ3n) is 2.86. The molecule has 1 heterocycles. The van der Waals surface area contributed by atoms with Gasteiger partial charge in [-0.05, 0) is 30.3 Å². The maximum Gasteiger partial charge on any atom is 0.131 e. The average Bonchev–Trinajstić information content (AvgIpc) is 2.42.